The Bertz CT molecular complexity index is 164. The fourth-order valence-corrected chi connectivity index (χ4v) is 2.99. The lowest BCUT2D eigenvalue weighted by atomic mass is 10.0. The summed E-state index contributed by atoms with van der Waals surface area (Å²) in [5.74, 6) is 0. The molecule has 1 saturated heterocycles. The average Bonchev–Trinajstić information content (AvgIpc) is 2.44. The summed E-state index contributed by atoms with van der Waals surface area (Å²) in [6.07, 6.45) is 10.9. The Kier molecular flexibility index (Phi) is 3.82. The van der Waals surface area contributed by atoms with Gasteiger partial charge in [0.05, 0.1) is 0 Å². The van der Waals surface area contributed by atoms with Gasteiger partial charge in [0.25, 0.3) is 0 Å². The molecule has 0 amide bonds. The number of hydrogen-bond acceptors (Lipinski definition) is 2. The lowest BCUT2D eigenvalue weighted by molar-refractivity contribution is 0.146. The molecular formula is C12H24N2. The highest BCUT2D eigenvalue weighted by molar-refractivity contribution is 4.81. The molecule has 2 heteroatoms. The predicted octanol–water partition coefficient (Wildman–Crippen LogP) is 2.13. The molecule has 2 nitrogen and oxygen atoms in total. The van der Waals surface area contributed by atoms with Crippen molar-refractivity contribution >= 4 is 0 Å². The molecule has 0 spiro atoms. The molecule has 2 atom stereocenters. The minimum atomic E-state index is 0.476. The molecule has 0 aromatic carbocycles. The van der Waals surface area contributed by atoms with Crippen LogP contribution in [-0.2, 0) is 0 Å². The number of piperidine rings is 1. The maximum atomic E-state index is 6.11. The first kappa shape index (κ1) is 10.4. The molecule has 0 radical (unpaired) electrons. The number of nitrogens with two attached hydrogens (primary N) is 1. The van der Waals surface area contributed by atoms with Crippen molar-refractivity contribution in [2.75, 3.05) is 13.1 Å². The van der Waals surface area contributed by atoms with Gasteiger partial charge in [-0.25, -0.2) is 0 Å². The van der Waals surface area contributed by atoms with Crippen LogP contribution in [0.4, 0.5) is 0 Å². The molecule has 82 valence electrons. The van der Waals surface area contributed by atoms with Gasteiger partial charge in [-0.05, 0) is 45.2 Å². The summed E-state index contributed by atoms with van der Waals surface area (Å²) in [6, 6.07) is 1.29. The number of nitrogens with zero attached hydrogens (tertiary/aromatic N) is 1. The van der Waals surface area contributed by atoms with Gasteiger partial charge in [-0.1, -0.05) is 19.3 Å². The van der Waals surface area contributed by atoms with E-state index in [9.17, 15) is 0 Å². The van der Waals surface area contributed by atoms with Crippen molar-refractivity contribution in [1.29, 1.82) is 0 Å². The molecule has 2 rings (SSSR count). The first-order chi connectivity index (χ1) is 6.86. The SMILES string of the molecule is NC1CCCCC(N2CCCCC2)C1. The highest BCUT2D eigenvalue weighted by atomic mass is 15.2. The Hall–Kier alpha value is -0.0800. The van der Waals surface area contributed by atoms with Crippen LogP contribution < -0.4 is 5.73 Å². The van der Waals surface area contributed by atoms with E-state index >= 15 is 0 Å². The third kappa shape index (κ3) is 2.71. The second kappa shape index (κ2) is 5.13. The van der Waals surface area contributed by atoms with E-state index in [-0.39, 0.29) is 0 Å². The molecule has 2 N–H and O–H groups in total. The molecule has 1 heterocycles. The van der Waals surface area contributed by atoms with E-state index in [4.69, 9.17) is 5.73 Å². The van der Waals surface area contributed by atoms with Crippen molar-refractivity contribution in [1.82, 2.24) is 4.90 Å². The van der Waals surface area contributed by atoms with E-state index in [0.29, 0.717) is 6.04 Å². The fourth-order valence-electron chi connectivity index (χ4n) is 2.99. The predicted molar refractivity (Wildman–Crippen MR) is 60.3 cm³/mol. The Morgan fingerprint density at radius 2 is 1.57 bits per heavy atom. The Morgan fingerprint density at radius 3 is 2.36 bits per heavy atom. The van der Waals surface area contributed by atoms with Crippen LogP contribution in [-0.4, -0.2) is 30.1 Å². The van der Waals surface area contributed by atoms with Crippen LogP contribution in [0, 0.1) is 0 Å². The first-order valence-corrected chi connectivity index (χ1v) is 6.36. The Morgan fingerprint density at radius 1 is 0.857 bits per heavy atom. The summed E-state index contributed by atoms with van der Waals surface area (Å²) >= 11 is 0. The van der Waals surface area contributed by atoms with Crippen molar-refractivity contribution < 1.29 is 0 Å². The van der Waals surface area contributed by atoms with E-state index < -0.39 is 0 Å². The summed E-state index contributed by atoms with van der Waals surface area (Å²) < 4.78 is 0. The van der Waals surface area contributed by atoms with Crippen molar-refractivity contribution in [3.05, 3.63) is 0 Å². The zero-order chi connectivity index (χ0) is 9.80. The molecule has 0 aromatic rings. The molecule has 1 aliphatic carbocycles. The van der Waals surface area contributed by atoms with E-state index in [1.807, 2.05) is 0 Å². The van der Waals surface area contributed by atoms with Gasteiger partial charge in [-0.2, -0.15) is 0 Å². The minimum absolute atomic E-state index is 0.476. The van der Waals surface area contributed by atoms with Crippen LogP contribution in [0.15, 0.2) is 0 Å². The van der Waals surface area contributed by atoms with Gasteiger partial charge in [0.2, 0.25) is 0 Å². The molecule has 1 aliphatic heterocycles. The Balaban J connectivity index is 1.87. The maximum absolute atomic E-state index is 6.11. The van der Waals surface area contributed by atoms with Crippen molar-refractivity contribution in [3.8, 4) is 0 Å². The summed E-state index contributed by atoms with van der Waals surface area (Å²) in [5, 5.41) is 0. The third-order valence-corrected chi connectivity index (χ3v) is 3.84. The topological polar surface area (TPSA) is 29.3 Å². The standard InChI is InChI=1S/C12H24N2/c13-11-6-2-3-7-12(10-11)14-8-4-1-5-9-14/h11-12H,1-10,13H2. The second-order valence-electron chi connectivity index (χ2n) is 5.03. The number of rotatable bonds is 1. The minimum Gasteiger partial charge on any atom is -0.328 e. The zero-order valence-corrected chi connectivity index (χ0v) is 9.25. The third-order valence-electron chi connectivity index (χ3n) is 3.84. The van der Waals surface area contributed by atoms with Crippen molar-refractivity contribution in [3.63, 3.8) is 0 Å². The normalized spacial score (nSPS) is 36.6. The summed E-state index contributed by atoms with van der Waals surface area (Å²) in [5.41, 5.74) is 6.11. The zero-order valence-electron chi connectivity index (χ0n) is 9.25. The van der Waals surface area contributed by atoms with Gasteiger partial charge in [0.15, 0.2) is 0 Å². The van der Waals surface area contributed by atoms with Crippen LogP contribution in [0.3, 0.4) is 0 Å². The smallest absolute Gasteiger partial charge is 0.0110 e. The van der Waals surface area contributed by atoms with E-state index in [2.05, 4.69) is 4.90 Å². The van der Waals surface area contributed by atoms with E-state index in [1.54, 1.807) is 0 Å². The van der Waals surface area contributed by atoms with E-state index in [1.165, 1.54) is 64.5 Å². The van der Waals surface area contributed by atoms with Gasteiger partial charge < -0.3 is 10.6 Å². The molecule has 0 bridgehead atoms. The largest absolute Gasteiger partial charge is 0.328 e. The molecular weight excluding hydrogens is 172 g/mol. The van der Waals surface area contributed by atoms with Crippen molar-refractivity contribution in [2.45, 2.75) is 63.5 Å². The lowest BCUT2D eigenvalue weighted by Crippen LogP contribution is -2.41. The molecule has 2 fully saturated rings. The van der Waals surface area contributed by atoms with Crippen LogP contribution in [0.25, 0.3) is 0 Å². The summed E-state index contributed by atoms with van der Waals surface area (Å²) in [7, 11) is 0. The average molecular weight is 196 g/mol. The van der Waals surface area contributed by atoms with Crippen LogP contribution in [0.1, 0.15) is 51.4 Å². The highest BCUT2D eigenvalue weighted by Crippen LogP contribution is 2.23. The molecule has 0 aromatic heterocycles. The molecule has 14 heavy (non-hydrogen) atoms. The van der Waals surface area contributed by atoms with Gasteiger partial charge in [0, 0.05) is 12.1 Å². The van der Waals surface area contributed by atoms with Crippen molar-refractivity contribution in [2.24, 2.45) is 5.73 Å². The molecule has 1 saturated carbocycles. The molecule has 2 aliphatic rings. The van der Waals surface area contributed by atoms with Crippen LogP contribution in [0.5, 0.6) is 0 Å². The van der Waals surface area contributed by atoms with Crippen LogP contribution >= 0.6 is 0 Å². The van der Waals surface area contributed by atoms with Gasteiger partial charge in [-0.3, -0.25) is 0 Å². The van der Waals surface area contributed by atoms with Gasteiger partial charge in [-0.15, -0.1) is 0 Å². The first-order valence-electron chi connectivity index (χ1n) is 6.36. The van der Waals surface area contributed by atoms with Crippen LogP contribution in [0.2, 0.25) is 0 Å². The lowest BCUT2D eigenvalue weighted by Gasteiger charge is -2.34. The van der Waals surface area contributed by atoms with Gasteiger partial charge >= 0.3 is 0 Å². The number of hydrogen-bond donors (Lipinski definition) is 1. The number of likely N-dealkylation sites (tertiary alicyclic amines) is 1. The van der Waals surface area contributed by atoms with E-state index in [0.717, 1.165) is 6.04 Å². The Labute approximate surface area is 87.8 Å². The molecule has 2 unspecified atom stereocenters. The fraction of sp³-hybridized carbons (Fsp3) is 1.00. The summed E-state index contributed by atoms with van der Waals surface area (Å²) in [4.78, 5) is 2.70. The maximum Gasteiger partial charge on any atom is 0.0110 e. The summed E-state index contributed by atoms with van der Waals surface area (Å²) in [6.45, 7) is 2.66. The highest BCUT2D eigenvalue weighted by Gasteiger charge is 2.24. The monoisotopic (exact) mass is 196 g/mol. The second-order valence-corrected chi connectivity index (χ2v) is 5.03. The van der Waals surface area contributed by atoms with Gasteiger partial charge in [0.1, 0.15) is 0 Å². The quantitative estimate of drug-likeness (QED) is 0.651.